The maximum Gasteiger partial charge on any atom is 0.269 e. The number of benzene rings is 2. The molecule has 1 aliphatic rings. The lowest BCUT2D eigenvalue weighted by Gasteiger charge is -2.24. The molecule has 0 saturated carbocycles. The molecule has 2 amide bonds. The second-order valence-electron chi connectivity index (χ2n) is 5.41. The molecule has 2 N–H and O–H groups in total. The maximum absolute atomic E-state index is 12.2. The summed E-state index contributed by atoms with van der Waals surface area (Å²) in [6, 6.07) is 11.7. The van der Waals surface area contributed by atoms with Gasteiger partial charge in [-0.2, -0.15) is 0 Å². The van der Waals surface area contributed by atoms with Gasteiger partial charge in [-0.3, -0.25) is 20.4 Å². The summed E-state index contributed by atoms with van der Waals surface area (Å²) in [5, 5.41) is 1.13. The summed E-state index contributed by atoms with van der Waals surface area (Å²) in [6.45, 7) is 0.247. The Morgan fingerprint density at radius 1 is 1.00 bits per heavy atom. The molecule has 24 heavy (non-hydrogen) atoms. The number of nitrogens with one attached hydrogen (secondary N) is 2. The van der Waals surface area contributed by atoms with E-state index in [-0.39, 0.29) is 12.5 Å². The predicted molar refractivity (Wildman–Crippen MR) is 91.2 cm³/mol. The number of carbonyl (C=O) groups excluding carboxylic acids is 2. The minimum atomic E-state index is -0.416. The lowest BCUT2D eigenvalue weighted by Crippen LogP contribution is -2.47. The first-order valence-corrected chi connectivity index (χ1v) is 8.05. The Labute approximate surface area is 148 Å². The zero-order valence-corrected chi connectivity index (χ0v) is 14.0. The molecule has 7 heteroatoms. The van der Waals surface area contributed by atoms with Crippen molar-refractivity contribution in [2.75, 3.05) is 6.61 Å². The topological polar surface area (TPSA) is 67.4 Å². The molecule has 1 aliphatic heterocycles. The van der Waals surface area contributed by atoms with E-state index in [0.717, 1.165) is 11.3 Å². The Kier molecular flexibility index (Phi) is 4.92. The number of hydrogen-bond acceptors (Lipinski definition) is 3. The molecule has 2 aromatic carbocycles. The quantitative estimate of drug-likeness (QED) is 0.804. The van der Waals surface area contributed by atoms with E-state index in [1.807, 2.05) is 0 Å². The molecule has 0 spiro atoms. The normalized spacial score (nSPS) is 15.8. The molecule has 5 nitrogen and oxygen atoms in total. The molecule has 124 valence electrons. The van der Waals surface area contributed by atoms with E-state index in [1.54, 1.807) is 42.5 Å². The van der Waals surface area contributed by atoms with Crippen LogP contribution in [0.1, 0.15) is 15.9 Å². The molecule has 0 aromatic heterocycles. The summed E-state index contributed by atoms with van der Waals surface area (Å²) >= 11 is 11.7. The van der Waals surface area contributed by atoms with Gasteiger partial charge in [0.2, 0.25) is 5.91 Å². The summed E-state index contributed by atoms with van der Waals surface area (Å²) in [5.74, 6) is -0.404. The van der Waals surface area contributed by atoms with Crippen molar-refractivity contribution in [3.05, 3.63) is 63.6 Å². The van der Waals surface area contributed by atoms with Crippen LogP contribution < -0.4 is 15.6 Å². The second-order valence-corrected chi connectivity index (χ2v) is 6.29. The number of ether oxygens (including phenoxy) is 1. The highest BCUT2D eigenvalue weighted by Gasteiger charge is 2.26. The monoisotopic (exact) mass is 364 g/mol. The van der Waals surface area contributed by atoms with Crippen LogP contribution in [0, 0.1) is 5.92 Å². The van der Waals surface area contributed by atoms with Crippen LogP contribution in [0.5, 0.6) is 5.75 Å². The molecule has 1 atom stereocenters. The second kappa shape index (κ2) is 7.11. The van der Waals surface area contributed by atoms with Crippen molar-refractivity contribution in [2.45, 2.75) is 6.42 Å². The fourth-order valence-corrected chi connectivity index (χ4v) is 2.75. The van der Waals surface area contributed by atoms with Crippen molar-refractivity contribution in [3.8, 4) is 5.75 Å². The van der Waals surface area contributed by atoms with Crippen LogP contribution in [0.4, 0.5) is 0 Å². The van der Waals surface area contributed by atoms with Crippen LogP contribution in [0.2, 0.25) is 10.0 Å². The molecule has 0 saturated heterocycles. The van der Waals surface area contributed by atoms with E-state index < -0.39 is 11.8 Å². The van der Waals surface area contributed by atoms with Gasteiger partial charge in [-0.15, -0.1) is 0 Å². The molecule has 2 aromatic rings. The van der Waals surface area contributed by atoms with Gasteiger partial charge < -0.3 is 4.74 Å². The summed E-state index contributed by atoms with van der Waals surface area (Å²) in [4.78, 5) is 24.2. The molecule has 0 bridgehead atoms. The molecular formula is C17H14Cl2N2O3. The van der Waals surface area contributed by atoms with Crippen molar-refractivity contribution in [3.63, 3.8) is 0 Å². The number of fused-ring (bicyclic) bond motifs is 1. The van der Waals surface area contributed by atoms with E-state index >= 15 is 0 Å². The highest BCUT2D eigenvalue weighted by Crippen LogP contribution is 2.29. The first kappa shape index (κ1) is 16.6. The molecule has 0 aliphatic carbocycles. The fourth-order valence-electron chi connectivity index (χ4n) is 2.43. The lowest BCUT2D eigenvalue weighted by molar-refractivity contribution is -0.127. The van der Waals surface area contributed by atoms with E-state index in [2.05, 4.69) is 10.9 Å². The Balaban J connectivity index is 1.58. The number of hydrazine groups is 1. The Bertz CT molecular complexity index is 778. The molecule has 1 heterocycles. The minimum Gasteiger partial charge on any atom is -0.492 e. The average Bonchev–Trinajstić information content (AvgIpc) is 2.59. The van der Waals surface area contributed by atoms with Crippen LogP contribution >= 0.6 is 23.2 Å². The highest BCUT2D eigenvalue weighted by atomic mass is 35.5. The molecule has 3 rings (SSSR count). The van der Waals surface area contributed by atoms with Crippen LogP contribution in [-0.4, -0.2) is 18.4 Å². The van der Waals surface area contributed by atoms with Gasteiger partial charge in [0.05, 0.1) is 5.92 Å². The molecule has 0 radical (unpaired) electrons. The predicted octanol–water partition coefficient (Wildman–Crippen LogP) is 3.01. The third-order valence-corrected chi connectivity index (χ3v) is 4.19. The lowest BCUT2D eigenvalue weighted by atomic mass is 9.96. The summed E-state index contributed by atoms with van der Waals surface area (Å²) in [6.07, 6.45) is 0.499. The fraction of sp³-hybridized carbons (Fsp3) is 0.176. The third-order valence-electron chi connectivity index (χ3n) is 3.71. The van der Waals surface area contributed by atoms with Crippen molar-refractivity contribution in [1.82, 2.24) is 10.9 Å². The van der Waals surface area contributed by atoms with Gasteiger partial charge in [-0.1, -0.05) is 23.2 Å². The Hall–Kier alpha value is -2.24. The number of carbonyl (C=O) groups is 2. The third kappa shape index (κ3) is 3.80. The van der Waals surface area contributed by atoms with Gasteiger partial charge in [0.1, 0.15) is 12.4 Å². The van der Waals surface area contributed by atoms with E-state index in [1.165, 1.54) is 0 Å². The van der Waals surface area contributed by atoms with Crippen molar-refractivity contribution < 1.29 is 14.3 Å². The van der Waals surface area contributed by atoms with E-state index in [4.69, 9.17) is 27.9 Å². The molecular weight excluding hydrogens is 351 g/mol. The largest absolute Gasteiger partial charge is 0.492 e. The van der Waals surface area contributed by atoms with Gasteiger partial charge in [0.25, 0.3) is 5.91 Å². The highest BCUT2D eigenvalue weighted by molar-refractivity contribution is 6.31. The van der Waals surface area contributed by atoms with Crippen molar-refractivity contribution in [2.24, 2.45) is 5.92 Å². The molecule has 1 unspecified atom stereocenters. The smallest absolute Gasteiger partial charge is 0.269 e. The van der Waals surface area contributed by atoms with Gasteiger partial charge in [-0.05, 0) is 54.4 Å². The number of halogens is 2. The van der Waals surface area contributed by atoms with E-state index in [9.17, 15) is 9.59 Å². The number of rotatable bonds is 2. The Morgan fingerprint density at radius 2 is 1.71 bits per heavy atom. The van der Waals surface area contributed by atoms with Gasteiger partial charge >= 0.3 is 0 Å². The summed E-state index contributed by atoms with van der Waals surface area (Å²) < 4.78 is 5.57. The van der Waals surface area contributed by atoms with E-state index in [0.29, 0.717) is 22.0 Å². The maximum atomic E-state index is 12.2. The van der Waals surface area contributed by atoms with Crippen molar-refractivity contribution >= 4 is 35.0 Å². The molecule has 0 fully saturated rings. The number of hydrogen-bond donors (Lipinski definition) is 2. The van der Waals surface area contributed by atoms with Crippen LogP contribution in [0.3, 0.4) is 0 Å². The zero-order valence-electron chi connectivity index (χ0n) is 12.5. The first-order chi connectivity index (χ1) is 11.5. The van der Waals surface area contributed by atoms with Gasteiger partial charge in [-0.25, -0.2) is 0 Å². The van der Waals surface area contributed by atoms with Crippen LogP contribution in [-0.2, 0) is 11.2 Å². The SMILES string of the molecule is O=C(NNC(=O)C1COc2ccc(Cl)cc2C1)c1ccc(Cl)cc1. The van der Waals surface area contributed by atoms with Gasteiger partial charge in [0, 0.05) is 15.6 Å². The van der Waals surface area contributed by atoms with Crippen molar-refractivity contribution in [1.29, 1.82) is 0 Å². The number of amides is 2. The Morgan fingerprint density at radius 3 is 2.46 bits per heavy atom. The average molecular weight is 365 g/mol. The summed E-state index contributed by atoms with van der Waals surface area (Å²) in [5.41, 5.74) is 6.09. The van der Waals surface area contributed by atoms with Crippen LogP contribution in [0.15, 0.2) is 42.5 Å². The standard InChI is InChI=1S/C17H14Cl2N2O3/c18-13-3-1-10(2-4-13)16(22)20-21-17(23)12-7-11-8-14(19)5-6-15(11)24-9-12/h1-6,8,12H,7,9H2,(H,20,22)(H,21,23). The van der Waals surface area contributed by atoms with Gasteiger partial charge in [0.15, 0.2) is 0 Å². The summed E-state index contributed by atoms with van der Waals surface area (Å²) in [7, 11) is 0. The first-order valence-electron chi connectivity index (χ1n) is 7.30. The zero-order chi connectivity index (χ0) is 17.1. The van der Waals surface area contributed by atoms with Crippen LogP contribution in [0.25, 0.3) is 0 Å². The minimum absolute atomic E-state index is 0.247.